The van der Waals surface area contributed by atoms with E-state index < -0.39 is 0 Å². The molecule has 0 radical (unpaired) electrons. The van der Waals surface area contributed by atoms with Crippen LogP contribution >= 0.6 is 11.8 Å². The first-order chi connectivity index (χ1) is 5.47. The highest BCUT2D eigenvalue weighted by Gasteiger charge is 2.23. The van der Waals surface area contributed by atoms with Crippen LogP contribution in [0.1, 0.15) is 40.0 Å². The normalized spacial score (nSPS) is 31.0. The third kappa shape index (κ3) is 3.81. The molecule has 0 saturated heterocycles. The summed E-state index contributed by atoms with van der Waals surface area (Å²) in [6.07, 6.45) is 3.81. The van der Waals surface area contributed by atoms with Crippen molar-refractivity contribution in [2.75, 3.05) is 5.75 Å². The quantitative estimate of drug-likeness (QED) is 0.719. The Morgan fingerprint density at radius 3 is 2.42 bits per heavy atom. The first-order valence-electron chi connectivity index (χ1n) is 4.84. The molecule has 0 amide bonds. The molecule has 2 atom stereocenters. The summed E-state index contributed by atoms with van der Waals surface area (Å²) in [6, 6.07) is 0.488. The first-order valence-corrected chi connectivity index (χ1v) is 5.89. The van der Waals surface area contributed by atoms with Crippen LogP contribution in [0.4, 0.5) is 0 Å². The van der Waals surface area contributed by atoms with Crippen LogP contribution in [0.25, 0.3) is 0 Å². The highest BCUT2D eigenvalue weighted by atomic mass is 32.2. The maximum atomic E-state index is 5.85. The van der Waals surface area contributed by atoms with E-state index in [0.29, 0.717) is 11.5 Å². The van der Waals surface area contributed by atoms with E-state index in [1.165, 1.54) is 25.0 Å². The van der Waals surface area contributed by atoms with Crippen molar-refractivity contribution in [2.24, 2.45) is 11.1 Å². The van der Waals surface area contributed by atoms with E-state index in [9.17, 15) is 0 Å². The van der Waals surface area contributed by atoms with Crippen LogP contribution in [-0.2, 0) is 0 Å². The summed E-state index contributed by atoms with van der Waals surface area (Å²) < 4.78 is 0. The molecular formula is C10H21NS. The molecule has 0 aromatic rings. The molecule has 1 fully saturated rings. The summed E-state index contributed by atoms with van der Waals surface area (Å²) in [5, 5.41) is 0.847. The van der Waals surface area contributed by atoms with Gasteiger partial charge in [0, 0.05) is 11.3 Å². The van der Waals surface area contributed by atoms with Gasteiger partial charge < -0.3 is 5.73 Å². The molecule has 1 aliphatic rings. The Morgan fingerprint density at radius 1 is 1.33 bits per heavy atom. The van der Waals surface area contributed by atoms with Crippen LogP contribution in [0.15, 0.2) is 0 Å². The largest absolute Gasteiger partial charge is 0.328 e. The molecule has 0 bridgehead atoms. The highest BCUT2D eigenvalue weighted by molar-refractivity contribution is 7.99. The molecule has 0 aliphatic heterocycles. The predicted molar refractivity (Wildman–Crippen MR) is 57.5 cm³/mol. The van der Waals surface area contributed by atoms with Gasteiger partial charge in [0.25, 0.3) is 0 Å². The molecular weight excluding hydrogens is 166 g/mol. The third-order valence-corrected chi connectivity index (χ3v) is 4.11. The van der Waals surface area contributed by atoms with Crippen molar-refractivity contribution in [3.05, 3.63) is 0 Å². The molecule has 1 nitrogen and oxygen atoms in total. The lowest BCUT2D eigenvalue weighted by molar-refractivity contribution is 0.480. The van der Waals surface area contributed by atoms with Crippen molar-refractivity contribution in [3.8, 4) is 0 Å². The minimum Gasteiger partial charge on any atom is -0.328 e. The maximum Gasteiger partial charge on any atom is 0.00625 e. The summed E-state index contributed by atoms with van der Waals surface area (Å²) >= 11 is 2.11. The zero-order chi connectivity index (χ0) is 9.19. The van der Waals surface area contributed by atoms with Crippen molar-refractivity contribution in [1.82, 2.24) is 0 Å². The van der Waals surface area contributed by atoms with Crippen molar-refractivity contribution in [3.63, 3.8) is 0 Å². The smallest absolute Gasteiger partial charge is 0.00625 e. The second-order valence-electron chi connectivity index (χ2n) is 5.07. The topological polar surface area (TPSA) is 26.0 Å². The molecule has 0 spiro atoms. The number of rotatable bonds is 2. The zero-order valence-electron chi connectivity index (χ0n) is 8.47. The molecule has 2 heteroatoms. The molecule has 2 N–H and O–H groups in total. The Balaban J connectivity index is 2.16. The van der Waals surface area contributed by atoms with Crippen molar-refractivity contribution in [2.45, 2.75) is 51.3 Å². The van der Waals surface area contributed by atoms with E-state index in [2.05, 4.69) is 32.5 Å². The second-order valence-corrected chi connectivity index (χ2v) is 6.36. The summed E-state index contributed by atoms with van der Waals surface area (Å²) in [5.74, 6) is 1.27. The minimum atomic E-state index is 0.470. The fourth-order valence-electron chi connectivity index (χ4n) is 1.49. The molecule has 2 unspecified atom stereocenters. The highest BCUT2D eigenvalue weighted by Crippen LogP contribution is 2.32. The van der Waals surface area contributed by atoms with Crippen LogP contribution in [0.2, 0.25) is 0 Å². The van der Waals surface area contributed by atoms with Gasteiger partial charge in [-0.05, 0) is 30.4 Å². The van der Waals surface area contributed by atoms with Gasteiger partial charge in [0.2, 0.25) is 0 Å². The summed E-state index contributed by atoms with van der Waals surface area (Å²) in [4.78, 5) is 0. The Hall–Kier alpha value is 0.310. The number of hydrogen-bond acceptors (Lipinski definition) is 2. The molecule has 12 heavy (non-hydrogen) atoms. The van der Waals surface area contributed by atoms with Crippen molar-refractivity contribution >= 4 is 11.8 Å². The lowest BCUT2D eigenvalue weighted by Gasteiger charge is -2.20. The lowest BCUT2D eigenvalue weighted by atomic mass is 10.0. The second kappa shape index (κ2) is 4.01. The number of nitrogens with two attached hydrogens (primary N) is 1. The molecule has 0 aromatic carbocycles. The standard InChI is InChI=1S/C10H21NS/c1-10(2,3)7-12-9-5-4-8(11)6-9/h8-9H,4-7,11H2,1-3H3. The van der Waals surface area contributed by atoms with Crippen LogP contribution in [0.3, 0.4) is 0 Å². The van der Waals surface area contributed by atoms with Gasteiger partial charge in [-0.15, -0.1) is 0 Å². The van der Waals surface area contributed by atoms with Gasteiger partial charge in [-0.25, -0.2) is 0 Å². The minimum absolute atomic E-state index is 0.470. The van der Waals surface area contributed by atoms with Gasteiger partial charge in [0.1, 0.15) is 0 Å². The van der Waals surface area contributed by atoms with E-state index in [4.69, 9.17) is 5.73 Å². The Labute approximate surface area is 80.5 Å². The van der Waals surface area contributed by atoms with E-state index in [1.807, 2.05) is 0 Å². The van der Waals surface area contributed by atoms with Gasteiger partial charge in [0.05, 0.1) is 0 Å². The molecule has 0 heterocycles. The summed E-state index contributed by atoms with van der Waals surface area (Å²) in [7, 11) is 0. The van der Waals surface area contributed by atoms with Crippen LogP contribution in [-0.4, -0.2) is 17.0 Å². The van der Waals surface area contributed by atoms with E-state index in [1.54, 1.807) is 0 Å². The van der Waals surface area contributed by atoms with Crippen LogP contribution in [0, 0.1) is 5.41 Å². The van der Waals surface area contributed by atoms with Gasteiger partial charge >= 0.3 is 0 Å². The van der Waals surface area contributed by atoms with Crippen LogP contribution < -0.4 is 5.73 Å². The van der Waals surface area contributed by atoms with Gasteiger partial charge in [-0.3, -0.25) is 0 Å². The Kier molecular flexibility index (Phi) is 3.47. The van der Waals surface area contributed by atoms with Gasteiger partial charge in [-0.2, -0.15) is 11.8 Å². The van der Waals surface area contributed by atoms with Gasteiger partial charge in [0.15, 0.2) is 0 Å². The molecule has 1 rings (SSSR count). The lowest BCUT2D eigenvalue weighted by Crippen LogP contribution is -2.16. The fraction of sp³-hybridized carbons (Fsp3) is 1.00. The summed E-state index contributed by atoms with van der Waals surface area (Å²) in [6.45, 7) is 6.90. The Morgan fingerprint density at radius 2 is 2.00 bits per heavy atom. The summed E-state index contributed by atoms with van der Waals surface area (Å²) in [5.41, 5.74) is 6.32. The molecule has 0 aromatic heterocycles. The third-order valence-electron chi connectivity index (χ3n) is 2.18. The molecule has 1 saturated carbocycles. The maximum absolute atomic E-state index is 5.85. The van der Waals surface area contributed by atoms with Gasteiger partial charge in [-0.1, -0.05) is 20.8 Å². The monoisotopic (exact) mass is 187 g/mol. The average Bonchev–Trinajstić information content (AvgIpc) is 2.30. The molecule has 1 aliphatic carbocycles. The van der Waals surface area contributed by atoms with Crippen molar-refractivity contribution in [1.29, 1.82) is 0 Å². The van der Waals surface area contributed by atoms with E-state index >= 15 is 0 Å². The predicted octanol–water partition coefficient (Wildman–Crippen LogP) is 2.65. The first kappa shape index (κ1) is 10.4. The van der Waals surface area contributed by atoms with Crippen molar-refractivity contribution < 1.29 is 0 Å². The average molecular weight is 187 g/mol. The zero-order valence-corrected chi connectivity index (χ0v) is 9.29. The van der Waals surface area contributed by atoms with E-state index in [0.717, 1.165) is 5.25 Å². The fourth-order valence-corrected chi connectivity index (χ4v) is 2.91. The molecule has 72 valence electrons. The Bertz CT molecular complexity index is 139. The SMILES string of the molecule is CC(C)(C)CSC1CCC(N)C1. The van der Waals surface area contributed by atoms with Crippen LogP contribution in [0.5, 0.6) is 0 Å². The number of hydrogen-bond donors (Lipinski definition) is 1. The number of thioether (sulfide) groups is 1. The van der Waals surface area contributed by atoms with E-state index in [-0.39, 0.29) is 0 Å².